The molecule has 0 bridgehead atoms. The number of ketones is 1. The fourth-order valence-corrected chi connectivity index (χ4v) is 4.82. The maximum atomic E-state index is 12.4. The van der Waals surface area contributed by atoms with Gasteiger partial charge in [0.25, 0.3) is 0 Å². The molecule has 0 spiro atoms. The number of carbonyl (C=O) groups excluding carboxylic acids is 3. The standard InChI is InChI=1S/C17H17NO5S2/c1-10-5-6-15(25-10)13(20)8-23-17(21)12-9-24-16(18(12)11(2)19)14-4-3-7-22-14/h3-7,12,16H,8-9H2,1-2H3/t12-,16-/m0/s1. The van der Waals surface area contributed by atoms with Crippen molar-refractivity contribution < 1.29 is 23.5 Å². The van der Waals surface area contributed by atoms with E-state index in [9.17, 15) is 14.4 Å². The van der Waals surface area contributed by atoms with E-state index in [-0.39, 0.29) is 23.7 Å². The molecule has 0 unspecified atom stereocenters. The topological polar surface area (TPSA) is 76.8 Å². The molecule has 25 heavy (non-hydrogen) atoms. The maximum absolute atomic E-state index is 12.4. The molecule has 1 saturated heterocycles. The average Bonchev–Trinajstić information content (AvgIpc) is 3.30. The molecule has 3 heterocycles. The summed E-state index contributed by atoms with van der Waals surface area (Å²) in [5, 5.41) is -0.360. The summed E-state index contributed by atoms with van der Waals surface area (Å²) in [6.45, 7) is 2.99. The second kappa shape index (κ2) is 7.45. The lowest BCUT2D eigenvalue weighted by Gasteiger charge is -2.25. The highest BCUT2D eigenvalue weighted by molar-refractivity contribution is 7.99. The van der Waals surface area contributed by atoms with Gasteiger partial charge in [0.05, 0.1) is 11.1 Å². The summed E-state index contributed by atoms with van der Waals surface area (Å²) in [6, 6.07) is 6.34. The SMILES string of the molecule is CC(=O)N1[C@H](C(=O)OCC(=O)c2ccc(C)s2)CS[C@H]1c1ccco1. The number of rotatable bonds is 5. The van der Waals surface area contributed by atoms with E-state index >= 15 is 0 Å². The summed E-state index contributed by atoms with van der Waals surface area (Å²) in [7, 11) is 0. The molecule has 2 atom stereocenters. The zero-order valence-electron chi connectivity index (χ0n) is 13.8. The maximum Gasteiger partial charge on any atom is 0.330 e. The predicted molar refractivity (Wildman–Crippen MR) is 94.6 cm³/mol. The Morgan fingerprint density at radius 2 is 2.12 bits per heavy atom. The Kier molecular flexibility index (Phi) is 5.29. The molecule has 2 aromatic heterocycles. The fourth-order valence-electron chi connectivity index (χ4n) is 2.61. The summed E-state index contributed by atoms with van der Waals surface area (Å²) in [5.74, 6) is -0.0440. The Bertz CT molecular complexity index is 783. The summed E-state index contributed by atoms with van der Waals surface area (Å²) < 4.78 is 10.5. The number of furan rings is 1. The first-order valence-corrected chi connectivity index (χ1v) is 9.54. The smallest absolute Gasteiger partial charge is 0.330 e. The molecule has 1 amide bonds. The van der Waals surface area contributed by atoms with Gasteiger partial charge in [-0.2, -0.15) is 0 Å². The summed E-state index contributed by atoms with van der Waals surface area (Å²) in [5.41, 5.74) is 0. The van der Waals surface area contributed by atoms with Gasteiger partial charge in [0.2, 0.25) is 11.7 Å². The summed E-state index contributed by atoms with van der Waals surface area (Å²) >= 11 is 2.80. The van der Waals surface area contributed by atoms with Crippen molar-refractivity contribution >= 4 is 40.8 Å². The van der Waals surface area contributed by atoms with Gasteiger partial charge in [-0.1, -0.05) is 0 Å². The van der Waals surface area contributed by atoms with Gasteiger partial charge in [0.1, 0.15) is 17.2 Å². The van der Waals surface area contributed by atoms with Crippen LogP contribution in [0, 0.1) is 6.92 Å². The zero-order chi connectivity index (χ0) is 18.0. The van der Waals surface area contributed by atoms with E-state index in [1.165, 1.54) is 41.2 Å². The molecular formula is C17H17NO5S2. The highest BCUT2D eigenvalue weighted by Crippen LogP contribution is 2.41. The van der Waals surface area contributed by atoms with Crippen LogP contribution in [0.3, 0.4) is 0 Å². The molecule has 0 radical (unpaired) electrons. The van der Waals surface area contributed by atoms with Gasteiger partial charge in [-0.25, -0.2) is 4.79 Å². The molecule has 6 nitrogen and oxygen atoms in total. The van der Waals surface area contributed by atoms with Crippen LogP contribution >= 0.6 is 23.1 Å². The van der Waals surface area contributed by atoms with E-state index in [1.807, 2.05) is 13.0 Å². The Labute approximate surface area is 153 Å². The summed E-state index contributed by atoms with van der Waals surface area (Å²) in [4.78, 5) is 39.5. The molecule has 1 aliphatic heterocycles. The molecule has 1 fully saturated rings. The number of thioether (sulfide) groups is 1. The molecular weight excluding hydrogens is 362 g/mol. The third-order valence-corrected chi connectivity index (χ3v) is 6.11. The normalized spacial score (nSPS) is 19.8. The highest BCUT2D eigenvalue weighted by Gasteiger charge is 2.43. The number of nitrogens with zero attached hydrogens (tertiary/aromatic N) is 1. The van der Waals surface area contributed by atoms with E-state index in [0.29, 0.717) is 16.4 Å². The minimum Gasteiger partial charge on any atom is -0.466 e. The number of esters is 1. The number of aryl methyl sites for hydroxylation is 1. The van der Waals surface area contributed by atoms with Gasteiger partial charge in [0.15, 0.2) is 6.61 Å². The Morgan fingerprint density at radius 3 is 2.72 bits per heavy atom. The average molecular weight is 379 g/mol. The lowest BCUT2D eigenvalue weighted by molar-refractivity contribution is -0.152. The van der Waals surface area contributed by atoms with Crippen LogP contribution in [0.5, 0.6) is 0 Å². The van der Waals surface area contributed by atoms with Gasteiger partial charge < -0.3 is 14.1 Å². The van der Waals surface area contributed by atoms with Crippen LogP contribution in [-0.4, -0.2) is 41.0 Å². The van der Waals surface area contributed by atoms with Gasteiger partial charge in [0, 0.05) is 17.6 Å². The largest absolute Gasteiger partial charge is 0.466 e. The zero-order valence-corrected chi connectivity index (χ0v) is 15.4. The lowest BCUT2D eigenvalue weighted by atomic mass is 10.2. The van der Waals surface area contributed by atoms with E-state index in [2.05, 4.69) is 0 Å². The van der Waals surface area contributed by atoms with Crippen LogP contribution in [0.15, 0.2) is 34.9 Å². The number of amides is 1. The van der Waals surface area contributed by atoms with E-state index in [4.69, 9.17) is 9.15 Å². The van der Waals surface area contributed by atoms with Crippen LogP contribution in [0.25, 0.3) is 0 Å². The molecule has 132 valence electrons. The van der Waals surface area contributed by atoms with E-state index in [0.717, 1.165) is 4.88 Å². The molecule has 1 aliphatic rings. The Hall–Kier alpha value is -2.06. The van der Waals surface area contributed by atoms with Crippen molar-refractivity contribution in [2.24, 2.45) is 0 Å². The van der Waals surface area contributed by atoms with Gasteiger partial charge in [-0.05, 0) is 31.2 Å². The quantitative estimate of drug-likeness (QED) is 0.587. The van der Waals surface area contributed by atoms with Crippen molar-refractivity contribution in [3.63, 3.8) is 0 Å². The van der Waals surface area contributed by atoms with Crippen LogP contribution in [-0.2, 0) is 14.3 Å². The van der Waals surface area contributed by atoms with E-state index < -0.39 is 12.0 Å². The first-order valence-electron chi connectivity index (χ1n) is 7.67. The number of thiophene rings is 1. The number of hydrogen-bond acceptors (Lipinski definition) is 7. The second-order valence-corrected chi connectivity index (χ2v) is 7.99. The van der Waals surface area contributed by atoms with Gasteiger partial charge in [-0.3, -0.25) is 9.59 Å². The third kappa shape index (κ3) is 3.80. The molecule has 0 N–H and O–H groups in total. The molecule has 2 aromatic rings. The molecule has 0 aliphatic carbocycles. The summed E-state index contributed by atoms with van der Waals surface area (Å²) in [6.07, 6.45) is 1.53. The molecule has 0 aromatic carbocycles. The fraction of sp³-hybridized carbons (Fsp3) is 0.353. The van der Waals surface area contributed by atoms with Crippen molar-refractivity contribution in [2.75, 3.05) is 12.4 Å². The lowest BCUT2D eigenvalue weighted by Crippen LogP contribution is -2.43. The van der Waals surface area contributed by atoms with Crippen molar-refractivity contribution in [1.29, 1.82) is 0 Å². The molecule has 3 rings (SSSR count). The third-order valence-electron chi connectivity index (χ3n) is 3.78. The minimum atomic E-state index is -0.726. The number of ether oxygens (including phenoxy) is 1. The van der Waals surface area contributed by atoms with Gasteiger partial charge in [-0.15, -0.1) is 23.1 Å². The van der Waals surface area contributed by atoms with Crippen molar-refractivity contribution in [1.82, 2.24) is 4.90 Å². The van der Waals surface area contributed by atoms with Crippen LogP contribution in [0.2, 0.25) is 0 Å². The van der Waals surface area contributed by atoms with E-state index in [1.54, 1.807) is 18.2 Å². The molecule has 8 heteroatoms. The predicted octanol–water partition coefficient (Wildman–Crippen LogP) is 3.04. The first-order chi connectivity index (χ1) is 12.0. The van der Waals surface area contributed by atoms with Crippen molar-refractivity contribution in [3.05, 3.63) is 46.0 Å². The van der Waals surface area contributed by atoms with Crippen molar-refractivity contribution in [3.8, 4) is 0 Å². The van der Waals surface area contributed by atoms with Crippen LogP contribution in [0.1, 0.15) is 32.6 Å². The monoisotopic (exact) mass is 379 g/mol. The number of carbonyl (C=O) groups is 3. The molecule has 0 saturated carbocycles. The Balaban J connectivity index is 1.65. The van der Waals surface area contributed by atoms with Crippen LogP contribution < -0.4 is 0 Å². The van der Waals surface area contributed by atoms with Crippen molar-refractivity contribution in [2.45, 2.75) is 25.3 Å². The second-order valence-electron chi connectivity index (χ2n) is 5.58. The van der Waals surface area contributed by atoms with Crippen LogP contribution in [0.4, 0.5) is 0 Å². The first kappa shape index (κ1) is 17.8. The minimum absolute atomic E-state index is 0.242. The Morgan fingerprint density at radius 1 is 1.32 bits per heavy atom. The number of Topliss-reactive ketones (excluding diaryl/α,β-unsaturated/α-hetero) is 1. The number of hydrogen-bond donors (Lipinski definition) is 0. The highest BCUT2D eigenvalue weighted by atomic mass is 32.2. The van der Waals surface area contributed by atoms with Gasteiger partial charge >= 0.3 is 5.97 Å².